The Kier molecular flexibility index (Phi) is 7.49. The van der Waals surface area contributed by atoms with Gasteiger partial charge in [0.2, 0.25) is 5.91 Å². The van der Waals surface area contributed by atoms with Crippen molar-refractivity contribution in [2.24, 2.45) is 0 Å². The van der Waals surface area contributed by atoms with Gasteiger partial charge >= 0.3 is 0 Å². The highest BCUT2D eigenvalue weighted by atomic mass is 16.5. The van der Waals surface area contributed by atoms with E-state index in [1.165, 1.54) is 0 Å². The molecular weight excluding hydrogens is 452 g/mol. The minimum Gasteiger partial charge on any atom is -0.497 e. The normalized spacial score (nSPS) is 10.7. The Morgan fingerprint density at radius 1 is 1.03 bits per heavy atom. The van der Waals surface area contributed by atoms with Crippen LogP contribution in [0.15, 0.2) is 79.0 Å². The van der Waals surface area contributed by atoms with Gasteiger partial charge in [-0.1, -0.05) is 42.0 Å². The number of nitrogens with one attached hydrogen (secondary N) is 1. The van der Waals surface area contributed by atoms with Crippen LogP contribution in [0, 0.1) is 6.92 Å². The van der Waals surface area contributed by atoms with Gasteiger partial charge in [0.15, 0.2) is 0 Å². The lowest BCUT2D eigenvalue weighted by molar-refractivity contribution is -0.129. The van der Waals surface area contributed by atoms with Gasteiger partial charge in [0.1, 0.15) is 11.4 Å². The first kappa shape index (κ1) is 24.7. The quantitative estimate of drug-likeness (QED) is 0.361. The number of carbonyl (C=O) groups excluding carboxylic acids is 2. The molecule has 1 N–H and O–H groups in total. The molecule has 0 atom stereocenters. The molecule has 7 nitrogen and oxygen atoms in total. The number of hydrogen-bond donors (Lipinski definition) is 1. The molecule has 0 bridgehead atoms. The maximum atomic E-state index is 13.5. The lowest BCUT2D eigenvalue weighted by Gasteiger charge is -2.19. The number of hydrogen-bond acceptors (Lipinski definition) is 4. The van der Waals surface area contributed by atoms with Crippen molar-refractivity contribution in [3.63, 3.8) is 0 Å². The number of ether oxygens (including phenoxy) is 1. The average molecular weight is 483 g/mol. The predicted octanol–water partition coefficient (Wildman–Crippen LogP) is 5.48. The molecule has 3 aromatic carbocycles. The number of benzene rings is 3. The number of aryl methyl sites for hydroxylation is 1. The Balaban J connectivity index is 1.68. The Labute approximate surface area is 211 Å². The van der Waals surface area contributed by atoms with E-state index < -0.39 is 0 Å². The summed E-state index contributed by atoms with van der Waals surface area (Å²) >= 11 is 0. The van der Waals surface area contributed by atoms with Crippen molar-refractivity contribution >= 4 is 17.5 Å². The summed E-state index contributed by atoms with van der Waals surface area (Å²) in [5.41, 5.74) is 5.35. The number of methoxy groups -OCH3 is 1. The van der Waals surface area contributed by atoms with Gasteiger partial charge in [-0.2, -0.15) is 5.10 Å². The number of rotatable bonds is 8. The molecule has 0 saturated heterocycles. The third-order valence-corrected chi connectivity index (χ3v) is 5.99. The topological polar surface area (TPSA) is 76.5 Å². The van der Waals surface area contributed by atoms with Crippen LogP contribution in [0.5, 0.6) is 5.75 Å². The summed E-state index contributed by atoms with van der Waals surface area (Å²) in [6.07, 6.45) is 1.74. The maximum absolute atomic E-state index is 13.5. The van der Waals surface area contributed by atoms with Gasteiger partial charge in [-0.25, -0.2) is 4.68 Å². The SMILES string of the molecule is CCN(Cc1cccc(NC(=O)c2cn(-c3ccc(C)cc3)nc2-c2cccc(OC)c2)c1)C(C)=O. The van der Waals surface area contributed by atoms with E-state index in [9.17, 15) is 9.59 Å². The first-order valence-electron chi connectivity index (χ1n) is 11.8. The van der Waals surface area contributed by atoms with Crippen LogP contribution in [0.25, 0.3) is 16.9 Å². The van der Waals surface area contributed by atoms with E-state index in [1.807, 2.05) is 86.6 Å². The Hall–Kier alpha value is -4.39. The molecule has 0 aliphatic rings. The maximum Gasteiger partial charge on any atom is 0.259 e. The average Bonchev–Trinajstić information content (AvgIpc) is 3.33. The van der Waals surface area contributed by atoms with E-state index in [0.29, 0.717) is 35.8 Å². The monoisotopic (exact) mass is 482 g/mol. The van der Waals surface area contributed by atoms with Gasteiger partial charge in [-0.05, 0) is 55.8 Å². The van der Waals surface area contributed by atoms with Crippen LogP contribution in [0.1, 0.15) is 35.3 Å². The molecule has 7 heteroatoms. The number of amides is 2. The van der Waals surface area contributed by atoms with Gasteiger partial charge in [-0.15, -0.1) is 0 Å². The summed E-state index contributed by atoms with van der Waals surface area (Å²) < 4.78 is 7.10. The zero-order valence-corrected chi connectivity index (χ0v) is 21.0. The first-order valence-corrected chi connectivity index (χ1v) is 11.8. The van der Waals surface area contributed by atoms with E-state index in [1.54, 1.807) is 29.8 Å². The summed E-state index contributed by atoms with van der Waals surface area (Å²) in [5.74, 6) is 0.419. The second-order valence-corrected chi connectivity index (χ2v) is 8.59. The highest BCUT2D eigenvalue weighted by molar-refractivity contribution is 6.08. The molecule has 0 spiro atoms. The number of anilines is 1. The highest BCUT2D eigenvalue weighted by Crippen LogP contribution is 2.28. The Morgan fingerprint density at radius 2 is 1.78 bits per heavy atom. The van der Waals surface area contributed by atoms with Crippen molar-refractivity contribution in [1.29, 1.82) is 0 Å². The fourth-order valence-electron chi connectivity index (χ4n) is 3.97. The molecule has 0 aliphatic carbocycles. The zero-order chi connectivity index (χ0) is 25.7. The lowest BCUT2D eigenvalue weighted by atomic mass is 10.1. The van der Waals surface area contributed by atoms with E-state index in [2.05, 4.69) is 5.32 Å². The lowest BCUT2D eigenvalue weighted by Crippen LogP contribution is -2.27. The summed E-state index contributed by atoms with van der Waals surface area (Å²) in [4.78, 5) is 27.1. The zero-order valence-electron chi connectivity index (χ0n) is 21.0. The van der Waals surface area contributed by atoms with Crippen LogP contribution in [0.4, 0.5) is 5.69 Å². The van der Waals surface area contributed by atoms with Crippen molar-refractivity contribution in [3.8, 4) is 22.7 Å². The summed E-state index contributed by atoms with van der Waals surface area (Å²) in [6.45, 7) is 6.63. The van der Waals surface area contributed by atoms with Crippen LogP contribution >= 0.6 is 0 Å². The van der Waals surface area contributed by atoms with Gasteiger partial charge in [0, 0.05) is 37.5 Å². The highest BCUT2D eigenvalue weighted by Gasteiger charge is 2.20. The van der Waals surface area contributed by atoms with Gasteiger partial charge in [0.05, 0.1) is 18.4 Å². The van der Waals surface area contributed by atoms with Crippen molar-refractivity contribution in [1.82, 2.24) is 14.7 Å². The number of carbonyl (C=O) groups is 2. The second kappa shape index (κ2) is 10.9. The first-order chi connectivity index (χ1) is 17.4. The van der Waals surface area contributed by atoms with Crippen LogP contribution in [0.3, 0.4) is 0 Å². The Bertz CT molecular complexity index is 1380. The fourth-order valence-corrected chi connectivity index (χ4v) is 3.97. The molecule has 0 unspecified atom stereocenters. The Morgan fingerprint density at radius 3 is 2.47 bits per heavy atom. The van der Waals surface area contributed by atoms with Crippen molar-refractivity contribution in [3.05, 3.63) is 95.7 Å². The standard InChI is InChI=1S/C29H30N4O3/c1-5-32(21(3)34)18-22-8-6-10-24(16-22)30-29(35)27-19-33(25-14-12-20(2)13-15-25)31-28(27)23-9-7-11-26(17-23)36-4/h6-17,19H,5,18H2,1-4H3,(H,30,35). The van der Waals surface area contributed by atoms with Crippen molar-refractivity contribution < 1.29 is 14.3 Å². The van der Waals surface area contributed by atoms with E-state index in [0.717, 1.165) is 22.4 Å². The van der Waals surface area contributed by atoms with E-state index in [-0.39, 0.29) is 11.8 Å². The van der Waals surface area contributed by atoms with Gasteiger partial charge in [-0.3, -0.25) is 9.59 Å². The number of aromatic nitrogens is 2. The van der Waals surface area contributed by atoms with E-state index >= 15 is 0 Å². The molecule has 36 heavy (non-hydrogen) atoms. The van der Waals surface area contributed by atoms with Crippen molar-refractivity contribution in [2.45, 2.75) is 27.3 Å². The van der Waals surface area contributed by atoms with Crippen LogP contribution < -0.4 is 10.1 Å². The molecule has 4 aromatic rings. The molecule has 1 heterocycles. The second-order valence-electron chi connectivity index (χ2n) is 8.59. The molecular formula is C29H30N4O3. The molecule has 0 aliphatic heterocycles. The van der Waals surface area contributed by atoms with Crippen LogP contribution in [-0.2, 0) is 11.3 Å². The largest absolute Gasteiger partial charge is 0.497 e. The molecule has 0 fully saturated rings. The van der Waals surface area contributed by atoms with Gasteiger partial charge in [0.25, 0.3) is 5.91 Å². The fraction of sp³-hybridized carbons (Fsp3) is 0.207. The summed E-state index contributed by atoms with van der Waals surface area (Å²) in [6, 6.07) is 23.0. The molecule has 0 saturated carbocycles. The van der Waals surface area contributed by atoms with Crippen LogP contribution in [-0.4, -0.2) is 40.1 Å². The summed E-state index contributed by atoms with van der Waals surface area (Å²) in [5, 5.41) is 7.77. The van der Waals surface area contributed by atoms with Gasteiger partial charge < -0.3 is 15.0 Å². The predicted molar refractivity (Wildman–Crippen MR) is 141 cm³/mol. The van der Waals surface area contributed by atoms with Crippen LogP contribution in [0.2, 0.25) is 0 Å². The molecule has 0 radical (unpaired) electrons. The van der Waals surface area contributed by atoms with Crippen molar-refractivity contribution in [2.75, 3.05) is 19.0 Å². The molecule has 184 valence electrons. The smallest absolute Gasteiger partial charge is 0.259 e. The minimum absolute atomic E-state index is 0.0124. The third kappa shape index (κ3) is 5.63. The molecule has 1 aromatic heterocycles. The third-order valence-electron chi connectivity index (χ3n) is 5.99. The van der Waals surface area contributed by atoms with E-state index in [4.69, 9.17) is 9.84 Å². The summed E-state index contributed by atoms with van der Waals surface area (Å²) in [7, 11) is 1.61. The number of nitrogens with zero attached hydrogens (tertiary/aromatic N) is 3. The molecule has 4 rings (SSSR count). The molecule has 2 amide bonds. The minimum atomic E-state index is -0.276.